The van der Waals surface area contributed by atoms with Gasteiger partial charge in [0.15, 0.2) is 0 Å². The Bertz CT molecular complexity index is 745. The highest BCUT2D eigenvalue weighted by atomic mass is 32.2. The van der Waals surface area contributed by atoms with E-state index >= 15 is 0 Å². The van der Waals surface area contributed by atoms with Crippen molar-refractivity contribution in [1.29, 1.82) is 0 Å². The molecule has 1 N–H and O–H groups in total. The molecule has 1 aromatic carbocycles. The van der Waals surface area contributed by atoms with Gasteiger partial charge in [0, 0.05) is 16.6 Å². The third kappa shape index (κ3) is 5.06. The number of esters is 1. The van der Waals surface area contributed by atoms with E-state index in [0.29, 0.717) is 11.3 Å². The summed E-state index contributed by atoms with van der Waals surface area (Å²) in [5, 5.41) is 8.79. The number of benzene rings is 1. The van der Waals surface area contributed by atoms with Crippen LogP contribution >= 0.6 is 0 Å². The van der Waals surface area contributed by atoms with Crippen molar-refractivity contribution >= 4 is 22.7 Å². The van der Waals surface area contributed by atoms with Crippen LogP contribution in [0.1, 0.15) is 46.1 Å². The molecule has 1 heterocycles. The molecule has 1 aromatic heterocycles. The average molecular weight is 350 g/mol. The maximum Gasteiger partial charge on any atom is 0.371 e. The molecule has 0 aliphatic rings. The lowest BCUT2D eigenvalue weighted by atomic mass is 10.1. The summed E-state index contributed by atoms with van der Waals surface area (Å²) in [6.07, 6.45) is -0.186. The highest BCUT2D eigenvalue weighted by Crippen LogP contribution is 2.14. The van der Waals surface area contributed by atoms with Crippen LogP contribution in [0.2, 0.25) is 0 Å². The number of aromatic carboxylic acids is 1. The average Bonchev–Trinajstić information content (AvgIpc) is 2.95. The van der Waals surface area contributed by atoms with Crippen LogP contribution in [0.25, 0.3) is 0 Å². The van der Waals surface area contributed by atoms with Gasteiger partial charge in [-0.05, 0) is 43.7 Å². The second-order valence-corrected chi connectivity index (χ2v) is 6.91. The quantitative estimate of drug-likeness (QED) is 0.772. The van der Waals surface area contributed by atoms with Gasteiger partial charge in [-0.25, -0.2) is 9.59 Å². The molecule has 128 valence electrons. The van der Waals surface area contributed by atoms with E-state index in [-0.39, 0.29) is 23.4 Å². The highest BCUT2D eigenvalue weighted by molar-refractivity contribution is 7.83. The fourth-order valence-electron chi connectivity index (χ4n) is 1.99. The minimum atomic E-state index is -1.25. The van der Waals surface area contributed by atoms with Gasteiger partial charge in [0.2, 0.25) is 5.76 Å². The van der Waals surface area contributed by atoms with E-state index < -0.39 is 22.7 Å². The maximum atomic E-state index is 12.1. The molecular formula is C17H18O6S. The van der Waals surface area contributed by atoms with Crippen molar-refractivity contribution in [3.05, 3.63) is 59.0 Å². The Morgan fingerprint density at radius 3 is 2.33 bits per heavy atom. The standard InChI is InChI=1S/C17H18O6S/c1-11(2)22-17(20)13-5-3-12(4-6-13)9-24(21)10-14-7-8-15(23-14)16(18)19/h3-8,11H,9-10H2,1-2H3,(H,18,19). The first-order valence-electron chi connectivity index (χ1n) is 7.32. The van der Waals surface area contributed by atoms with Gasteiger partial charge in [-0.15, -0.1) is 0 Å². The Balaban J connectivity index is 1.94. The number of carboxylic acids is 1. The summed E-state index contributed by atoms with van der Waals surface area (Å²) in [6.45, 7) is 3.56. The number of furan rings is 1. The highest BCUT2D eigenvalue weighted by Gasteiger charge is 2.13. The Morgan fingerprint density at radius 2 is 1.79 bits per heavy atom. The lowest BCUT2D eigenvalue weighted by molar-refractivity contribution is 0.0377. The first-order valence-corrected chi connectivity index (χ1v) is 8.81. The van der Waals surface area contributed by atoms with Crippen molar-refractivity contribution in [2.75, 3.05) is 0 Å². The number of carboxylic acid groups (broad SMARTS) is 1. The van der Waals surface area contributed by atoms with Crippen LogP contribution in [0.4, 0.5) is 0 Å². The molecule has 0 fully saturated rings. The van der Waals surface area contributed by atoms with Gasteiger partial charge in [-0.2, -0.15) is 0 Å². The molecule has 0 bridgehead atoms. The van der Waals surface area contributed by atoms with Gasteiger partial charge in [-0.3, -0.25) is 4.21 Å². The third-order valence-corrected chi connectivity index (χ3v) is 4.30. The summed E-state index contributed by atoms with van der Waals surface area (Å²) >= 11 is 0. The molecule has 0 saturated carbocycles. The second kappa shape index (κ2) is 7.92. The summed E-state index contributed by atoms with van der Waals surface area (Å²) in [6, 6.07) is 9.55. The number of ether oxygens (including phenoxy) is 1. The molecule has 1 atom stereocenters. The SMILES string of the molecule is CC(C)OC(=O)c1ccc(CS(=O)Cc2ccc(C(=O)O)o2)cc1. The lowest BCUT2D eigenvalue weighted by Crippen LogP contribution is -2.11. The fourth-order valence-corrected chi connectivity index (χ4v) is 3.12. The third-order valence-electron chi connectivity index (χ3n) is 3.04. The summed E-state index contributed by atoms with van der Waals surface area (Å²) < 4.78 is 22.3. The van der Waals surface area contributed by atoms with Gasteiger partial charge in [0.25, 0.3) is 0 Å². The predicted molar refractivity (Wildman–Crippen MR) is 88.2 cm³/mol. The monoisotopic (exact) mass is 350 g/mol. The van der Waals surface area contributed by atoms with Crippen LogP contribution in [0.15, 0.2) is 40.8 Å². The Labute approximate surface area is 141 Å². The van der Waals surface area contributed by atoms with Crippen molar-refractivity contribution in [2.45, 2.75) is 31.5 Å². The summed E-state index contributed by atoms with van der Waals surface area (Å²) in [4.78, 5) is 22.5. The van der Waals surface area contributed by atoms with E-state index in [9.17, 15) is 13.8 Å². The van der Waals surface area contributed by atoms with Crippen LogP contribution in [0.3, 0.4) is 0 Å². The first kappa shape index (κ1) is 17.9. The minimum absolute atomic E-state index is 0.129. The summed E-state index contributed by atoms with van der Waals surface area (Å²) in [5.41, 5.74) is 1.25. The second-order valence-electron chi connectivity index (χ2n) is 5.45. The molecule has 1 unspecified atom stereocenters. The van der Waals surface area contributed by atoms with E-state index in [2.05, 4.69) is 0 Å². The van der Waals surface area contributed by atoms with Gasteiger partial charge in [-0.1, -0.05) is 12.1 Å². The molecule has 2 aromatic rings. The van der Waals surface area contributed by atoms with Crippen LogP contribution < -0.4 is 0 Å². The van der Waals surface area contributed by atoms with E-state index in [4.69, 9.17) is 14.3 Å². The zero-order valence-corrected chi connectivity index (χ0v) is 14.2. The molecule has 6 nitrogen and oxygen atoms in total. The fraction of sp³-hybridized carbons (Fsp3) is 0.294. The van der Waals surface area contributed by atoms with Gasteiger partial charge in [0.1, 0.15) is 5.76 Å². The molecule has 0 saturated heterocycles. The maximum absolute atomic E-state index is 12.1. The normalized spacial score (nSPS) is 12.1. The van der Waals surface area contributed by atoms with E-state index in [0.717, 1.165) is 5.56 Å². The smallest absolute Gasteiger partial charge is 0.371 e. The Kier molecular flexibility index (Phi) is 5.92. The van der Waals surface area contributed by atoms with E-state index in [1.165, 1.54) is 12.1 Å². The number of rotatable bonds is 7. The molecule has 0 amide bonds. The largest absolute Gasteiger partial charge is 0.475 e. The van der Waals surface area contributed by atoms with Gasteiger partial charge >= 0.3 is 11.9 Å². The number of carbonyl (C=O) groups is 2. The molecule has 0 radical (unpaired) electrons. The molecule has 0 aliphatic carbocycles. The van der Waals surface area contributed by atoms with Crippen molar-refractivity contribution < 1.29 is 28.1 Å². The van der Waals surface area contributed by atoms with Crippen molar-refractivity contribution in [3.63, 3.8) is 0 Å². The Morgan fingerprint density at radius 1 is 1.12 bits per heavy atom. The van der Waals surface area contributed by atoms with Gasteiger partial charge in [0.05, 0.1) is 17.4 Å². The van der Waals surface area contributed by atoms with Crippen molar-refractivity contribution in [1.82, 2.24) is 0 Å². The van der Waals surface area contributed by atoms with Crippen LogP contribution in [-0.4, -0.2) is 27.4 Å². The lowest BCUT2D eigenvalue weighted by Gasteiger charge is -2.08. The van der Waals surface area contributed by atoms with Crippen LogP contribution in [0.5, 0.6) is 0 Å². The molecular weight excluding hydrogens is 332 g/mol. The van der Waals surface area contributed by atoms with Gasteiger partial charge < -0.3 is 14.3 Å². The molecule has 0 aliphatic heterocycles. The number of hydrogen-bond donors (Lipinski definition) is 1. The molecule has 24 heavy (non-hydrogen) atoms. The summed E-state index contributed by atoms with van der Waals surface area (Å²) in [5.74, 6) is -0.948. The molecule has 2 rings (SSSR count). The van der Waals surface area contributed by atoms with Crippen LogP contribution in [0, 0.1) is 0 Å². The van der Waals surface area contributed by atoms with Crippen LogP contribution in [-0.2, 0) is 27.0 Å². The van der Waals surface area contributed by atoms with Crippen molar-refractivity contribution in [3.8, 4) is 0 Å². The Hall–Kier alpha value is -2.41. The van der Waals surface area contributed by atoms with E-state index in [1.807, 2.05) is 0 Å². The minimum Gasteiger partial charge on any atom is -0.475 e. The summed E-state index contributed by atoms with van der Waals surface area (Å²) in [7, 11) is -1.25. The van der Waals surface area contributed by atoms with E-state index in [1.54, 1.807) is 38.1 Å². The molecule has 7 heteroatoms. The topological polar surface area (TPSA) is 93.8 Å². The van der Waals surface area contributed by atoms with Crippen molar-refractivity contribution in [2.24, 2.45) is 0 Å². The zero-order valence-electron chi connectivity index (χ0n) is 13.4. The first-order chi connectivity index (χ1) is 11.3. The zero-order chi connectivity index (χ0) is 17.7. The predicted octanol–water partition coefficient (Wildman–Crippen LogP) is 2.99. The number of carbonyl (C=O) groups excluding carboxylic acids is 1. The number of hydrogen-bond acceptors (Lipinski definition) is 5. The molecule has 0 spiro atoms.